The molecule has 0 saturated carbocycles. The molecule has 0 spiro atoms. The summed E-state index contributed by atoms with van der Waals surface area (Å²) < 4.78 is 5.12. The minimum atomic E-state index is -1.12. The summed E-state index contributed by atoms with van der Waals surface area (Å²) in [5, 5.41) is 23.2. The number of amides is 1. The largest absolute Gasteiger partial charge is 0.444 e. The van der Waals surface area contributed by atoms with Crippen molar-refractivity contribution < 1.29 is 19.7 Å². The van der Waals surface area contributed by atoms with Crippen LogP contribution in [0.5, 0.6) is 0 Å². The molecule has 1 aromatic carbocycles. The van der Waals surface area contributed by atoms with Gasteiger partial charge in [-0.1, -0.05) is 32.9 Å². The average Bonchev–Trinajstić information content (AvgIpc) is 2.43. The van der Waals surface area contributed by atoms with Crippen molar-refractivity contribution in [2.45, 2.75) is 71.2 Å². The number of nitrogens with two attached hydrogens (primary N) is 1. The van der Waals surface area contributed by atoms with Crippen LogP contribution in [0.1, 0.15) is 65.2 Å². The van der Waals surface area contributed by atoms with Crippen LogP contribution >= 0.6 is 0 Å². The number of aliphatic hydroxyl groups excluding tert-OH is 2. The summed E-state index contributed by atoms with van der Waals surface area (Å²) in [6.45, 7) is 11.7. The second-order valence-corrected chi connectivity index (χ2v) is 8.32. The second-order valence-electron chi connectivity index (χ2n) is 8.32. The number of aliphatic hydroxyl groups is 2. The first kappa shape index (κ1) is 21.3. The van der Waals surface area contributed by atoms with Crippen molar-refractivity contribution in [1.29, 1.82) is 0 Å². The zero-order valence-electron chi connectivity index (χ0n) is 16.1. The third kappa shape index (κ3) is 6.92. The number of benzene rings is 1. The van der Waals surface area contributed by atoms with Gasteiger partial charge in [0.15, 0.2) is 0 Å². The van der Waals surface area contributed by atoms with Crippen LogP contribution < -0.4 is 11.1 Å². The number of anilines is 1. The molecule has 25 heavy (non-hydrogen) atoms. The van der Waals surface area contributed by atoms with Crippen molar-refractivity contribution in [2.75, 3.05) is 12.3 Å². The number of nitrogen functional groups attached to an aromatic ring is 1. The van der Waals surface area contributed by atoms with E-state index in [9.17, 15) is 15.0 Å². The molecule has 1 rings (SSSR count). The lowest BCUT2D eigenvalue weighted by Crippen LogP contribution is -2.34. The van der Waals surface area contributed by atoms with Crippen LogP contribution in [0.4, 0.5) is 10.5 Å². The van der Waals surface area contributed by atoms with Gasteiger partial charge in [0.05, 0.1) is 6.10 Å². The molecule has 0 aromatic heterocycles. The molecule has 5 N–H and O–H groups in total. The molecule has 0 aliphatic carbocycles. The minimum absolute atomic E-state index is 0.0919. The van der Waals surface area contributed by atoms with Gasteiger partial charge >= 0.3 is 6.09 Å². The van der Waals surface area contributed by atoms with E-state index in [0.29, 0.717) is 11.3 Å². The Labute approximate surface area is 150 Å². The van der Waals surface area contributed by atoms with E-state index in [1.807, 2.05) is 12.1 Å². The van der Waals surface area contributed by atoms with E-state index in [1.54, 1.807) is 26.8 Å². The number of ether oxygens (including phenoxy) is 1. The first-order valence-corrected chi connectivity index (χ1v) is 8.54. The van der Waals surface area contributed by atoms with Crippen molar-refractivity contribution in [3.05, 3.63) is 29.3 Å². The zero-order chi connectivity index (χ0) is 19.4. The minimum Gasteiger partial charge on any atom is -0.444 e. The highest BCUT2D eigenvalue weighted by Crippen LogP contribution is 2.30. The predicted octanol–water partition coefficient (Wildman–Crippen LogP) is 2.88. The Morgan fingerprint density at radius 2 is 1.80 bits per heavy atom. The quantitative estimate of drug-likeness (QED) is 0.610. The van der Waals surface area contributed by atoms with Crippen molar-refractivity contribution in [3.8, 4) is 0 Å². The van der Waals surface area contributed by atoms with Gasteiger partial charge in [-0.25, -0.2) is 4.79 Å². The standard InChI is InChI=1S/C19H32N2O4/c1-18(2,3)12-7-8-14(20)13(11-12)16(23)15(22)9-10-21-17(24)25-19(4,5)6/h7-8,11,15-16,22-23H,9-10,20H2,1-6H3,(H,21,24). The Bertz CT molecular complexity index is 588. The SMILES string of the molecule is CC(C)(C)OC(=O)NCCC(O)C(O)c1cc(C(C)(C)C)ccc1N. The van der Waals surface area contributed by atoms with Crippen LogP contribution in [-0.4, -0.2) is 34.6 Å². The summed E-state index contributed by atoms with van der Waals surface area (Å²) in [7, 11) is 0. The summed E-state index contributed by atoms with van der Waals surface area (Å²) >= 11 is 0. The summed E-state index contributed by atoms with van der Waals surface area (Å²) in [6, 6.07) is 5.48. The molecular formula is C19H32N2O4. The van der Waals surface area contributed by atoms with Crippen molar-refractivity contribution in [1.82, 2.24) is 5.32 Å². The molecule has 2 unspecified atom stereocenters. The molecule has 0 aliphatic rings. The van der Waals surface area contributed by atoms with Crippen LogP contribution in [0.25, 0.3) is 0 Å². The first-order chi connectivity index (χ1) is 11.3. The molecule has 0 radical (unpaired) electrons. The van der Waals surface area contributed by atoms with Gasteiger partial charge < -0.3 is 26.0 Å². The van der Waals surface area contributed by atoms with E-state index in [-0.39, 0.29) is 18.4 Å². The fourth-order valence-corrected chi connectivity index (χ4v) is 2.30. The van der Waals surface area contributed by atoms with Crippen molar-refractivity contribution >= 4 is 11.8 Å². The lowest BCUT2D eigenvalue weighted by molar-refractivity contribution is 0.0126. The normalized spacial score (nSPS) is 14.7. The molecule has 6 heteroatoms. The highest BCUT2D eigenvalue weighted by atomic mass is 16.6. The van der Waals surface area contributed by atoms with E-state index in [4.69, 9.17) is 10.5 Å². The van der Waals surface area contributed by atoms with Gasteiger partial charge in [0.25, 0.3) is 0 Å². The molecule has 1 aromatic rings. The topological polar surface area (TPSA) is 105 Å². The highest BCUT2D eigenvalue weighted by Gasteiger charge is 2.23. The summed E-state index contributed by atoms with van der Waals surface area (Å²) in [5.41, 5.74) is 7.24. The lowest BCUT2D eigenvalue weighted by Gasteiger charge is -2.24. The fraction of sp³-hybridized carbons (Fsp3) is 0.632. The predicted molar refractivity (Wildman–Crippen MR) is 99.4 cm³/mol. The molecule has 0 bridgehead atoms. The third-order valence-electron chi connectivity index (χ3n) is 3.74. The zero-order valence-corrected chi connectivity index (χ0v) is 16.1. The van der Waals surface area contributed by atoms with Crippen LogP contribution in [0.3, 0.4) is 0 Å². The Morgan fingerprint density at radius 3 is 2.32 bits per heavy atom. The Hall–Kier alpha value is -1.79. The summed E-state index contributed by atoms with van der Waals surface area (Å²) in [6.07, 6.45) is -2.54. The molecule has 0 aliphatic heterocycles. The first-order valence-electron chi connectivity index (χ1n) is 8.54. The number of hydrogen-bond donors (Lipinski definition) is 4. The van der Waals surface area contributed by atoms with Crippen LogP contribution in [0.2, 0.25) is 0 Å². The number of carbonyl (C=O) groups excluding carboxylic acids is 1. The Kier molecular flexibility index (Phi) is 6.85. The maximum atomic E-state index is 11.6. The maximum Gasteiger partial charge on any atom is 0.407 e. The molecule has 0 fully saturated rings. The molecule has 142 valence electrons. The summed E-state index contributed by atoms with van der Waals surface area (Å²) in [4.78, 5) is 11.6. The number of rotatable bonds is 5. The molecule has 0 saturated heterocycles. The average molecular weight is 352 g/mol. The van der Waals surface area contributed by atoms with E-state index in [0.717, 1.165) is 5.56 Å². The Balaban J connectivity index is 2.68. The molecular weight excluding hydrogens is 320 g/mol. The van der Waals surface area contributed by atoms with E-state index < -0.39 is 23.9 Å². The highest BCUT2D eigenvalue weighted by molar-refractivity contribution is 5.67. The van der Waals surface area contributed by atoms with Crippen molar-refractivity contribution in [3.63, 3.8) is 0 Å². The number of nitrogens with one attached hydrogen (secondary N) is 1. The van der Waals surface area contributed by atoms with Gasteiger partial charge in [-0.15, -0.1) is 0 Å². The number of carbonyl (C=O) groups is 1. The van der Waals surface area contributed by atoms with Gasteiger partial charge in [-0.05, 0) is 44.2 Å². The smallest absolute Gasteiger partial charge is 0.407 e. The van der Waals surface area contributed by atoms with Crippen LogP contribution in [0, 0.1) is 0 Å². The van der Waals surface area contributed by atoms with Crippen LogP contribution in [-0.2, 0) is 10.2 Å². The van der Waals surface area contributed by atoms with E-state index >= 15 is 0 Å². The summed E-state index contributed by atoms with van der Waals surface area (Å²) in [5.74, 6) is 0. The van der Waals surface area contributed by atoms with Gasteiger partial charge in [-0.2, -0.15) is 0 Å². The van der Waals surface area contributed by atoms with E-state index in [2.05, 4.69) is 26.1 Å². The molecule has 6 nitrogen and oxygen atoms in total. The fourth-order valence-electron chi connectivity index (χ4n) is 2.30. The van der Waals surface area contributed by atoms with Gasteiger partial charge in [-0.3, -0.25) is 0 Å². The van der Waals surface area contributed by atoms with Crippen LogP contribution in [0.15, 0.2) is 18.2 Å². The number of hydrogen-bond acceptors (Lipinski definition) is 5. The van der Waals surface area contributed by atoms with Gasteiger partial charge in [0, 0.05) is 17.8 Å². The molecule has 0 heterocycles. The molecule has 2 atom stereocenters. The van der Waals surface area contributed by atoms with Crippen molar-refractivity contribution in [2.24, 2.45) is 0 Å². The third-order valence-corrected chi connectivity index (χ3v) is 3.74. The van der Waals surface area contributed by atoms with Gasteiger partial charge in [0.2, 0.25) is 0 Å². The monoisotopic (exact) mass is 352 g/mol. The van der Waals surface area contributed by atoms with Gasteiger partial charge in [0.1, 0.15) is 11.7 Å². The maximum absolute atomic E-state index is 11.6. The Morgan fingerprint density at radius 1 is 1.20 bits per heavy atom. The molecule has 1 amide bonds. The second kappa shape index (κ2) is 8.06. The number of alkyl carbamates (subject to hydrolysis) is 1. The lowest BCUT2D eigenvalue weighted by atomic mass is 9.84. The van der Waals surface area contributed by atoms with E-state index in [1.165, 1.54) is 0 Å².